The number of nitrogens with zero attached hydrogens (tertiary/aromatic N) is 1. The van der Waals surface area contributed by atoms with Gasteiger partial charge in [0.15, 0.2) is 0 Å². The van der Waals surface area contributed by atoms with Gasteiger partial charge in [0.2, 0.25) is 5.91 Å². The highest BCUT2D eigenvalue weighted by molar-refractivity contribution is 5.81. The van der Waals surface area contributed by atoms with Crippen LogP contribution in [0.5, 0.6) is 0 Å². The molecule has 0 spiro atoms. The van der Waals surface area contributed by atoms with Gasteiger partial charge in [-0.05, 0) is 19.4 Å². The first-order chi connectivity index (χ1) is 5.61. The number of carbonyl (C=O) groups is 1. The second kappa shape index (κ2) is 3.67. The second-order valence-corrected chi connectivity index (χ2v) is 2.99. The van der Waals surface area contributed by atoms with Crippen LogP contribution in [0.3, 0.4) is 0 Å². The van der Waals surface area contributed by atoms with Gasteiger partial charge in [0.05, 0.1) is 12.6 Å². The average molecular weight is 172 g/mol. The van der Waals surface area contributed by atoms with Crippen LogP contribution in [0.15, 0.2) is 11.9 Å². The molecule has 0 radical (unpaired) electrons. The molecule has 1 heterocycles. The molecule has 12 heavy (non-hydrogen) atoms. The Bertz CT molecular complexity index is 213. The van der Waals surface area contributed by atoms with Gasteiger partial charge in [-0.25, -0.2) is 4.39 Å². The summed E-state index contributed by atoms with van der Waals surface area (Å²) in [6.07, 6.45) is 2.09. The van der Waals surface area contributed by atoms with Crippen LogP contribution in [0.1, 0.15) is 13.3 Å². The van der Waals surface area contributed by atoms with E-state index in [0.717, 1.165) is 0 Å². The maximum Gasteiger partial charge on any atom is 0.239 e. The van der Waals surface area contributed by atoms with Crippen molar-refractivity contribution < 1.29 is 9.18 Å². The van der Waals surface area contributed by atoms with Gasteiger partial charge in [-0.15, -0.1) is 0 Å². The fourth-order valence-electron chi connectivity index (χ4n) is 1.18. The van der Waals surface area contributed by atoms with Gasteiger partial charge in [-0.2, -0.15) is 0 Å². The third-order valence-electron chi connectivity index (χ3n) is 1.81. The van der Waals surface area contributed by atoms with Crippen molar-refractivity contribution in [2.45, 2.75) is 19.4 Å². The number of nitrogens with two attached hydrogens (primary N) is 1. The summed E-state index contributed by atoms with van der Waals surface area (Å²) in [6, 6.07) is -0.532. The zero-order valence-corrected chi connectivity index (χ0v) is 7.09. The van der Waals surface area contributed by atoms with E-state index < -0.39 is 6.04 Å². The highest BCUT2D eigenvalue weighted by Gasteiger charge is 2.20. The van der Waals surface area contributed by atoms with Gasteiger partial charge < -0.3 is 10.6 Å². The summed E-state index contributed by atoms with van der Waals surface area (Å²) in [5.41, 5.74) is 5.38. The van der Waals surface area contributed by atoms with Crippen LogP contribution in [-0.2, 0) is 4.79 Å². The molecule has 0 fully saturated rings. The Kier molecular flexibility index (Phi) is 2.81. The van der Waals surface area contributed by atoms with Crippen molar-refractivity contribution in [2.75, 3.05) is 13.1 Å². The largest absolute Gasteiger partial charge is 0.334 e. The fraction of sp³-hybridized carbons (Fsp3) is 0.625. The number of hydrogen-bond donors (Lipinski definition) is 1. The molecule has 1 rings (SSSR count). The highest BCUT2D eigenvalue weighted by atomic mass is 19.1. The number of rotatable bonds is 1. The van der Waals surface area contributed by atoms with Crippen LogP contribution in [0.4, 0.5) is 4.39 Å². The lowest BCUT2D eigenvalue weighted by Gasteiger charge is -2.25. The maximum absolute atomic E-state index is 12.7. The maximum atomic E-state index is 12.7. The molecule has 1 aliphatic heterocycles. The van der Waals surface area contributed by atoms with E-state index in [4.69, 9.17) is 5.73 Å². The highest BCUT2D eigenvalue weighted by Crippen LogP contribution is 2.10. The lowest BCUT2D eigenvalue weighted by Crippen LogP contribution is -2.44. The van der Waals surface area contributed by atoms with Crippen molar-refractivity contribution in [1.82, 2.24) is 4.90 Å². The first-order valence-electron chi connectivity index (χ1n) is 4.00. The van der Waals surface area contributed by atoms with E-state index in [1.807, 2.05) is 0 Å². The van der Waals surface area contributed by atoms with Crippen molar-refractivity contribution in [2.24, 2.45) is 5.73 Å². The molecule has 1 atom stereocenters. The normalized spacial score (nSPS) is 20.2. The minimum absolute atomic E-state index is 0.0837. The predicted octanol–water partition coefficient (Wildman–Crippen LogP) is 0.419. The van der Waals surface area contributed by atoms with Gasteiger partial charge in [0, 0.05) is 6.54 Å². The summed E-state index contributed by atoms with van der Waals surface area (Å²) < 4.78 is 12.7. The SMILES string of the molecule is C[C@H](N)C(=O)N1CCC=C(F)C1. The van der Waals surface area contributed by atoms with Crippen molar-refractivity contribution in [3.63, 3.8) is 0 Å². The summed E-state index contributed by atoms with van der Waals surface area (Å²) in [5, 5.41) is 0. The second-order valence-electron chi connectivity index (χ2n) is 2.99. The Morgan fingerprint density at radius 1 is 1.83 bits per heavy atom. The average Bonchev–Trinajstić information content (AvgIpc) is 2.03. The predicted molar refractivity (Wildman–Crippen MR) is 44.0 cm³/mol. The molecule has 1 aliphatic rings. The smallest absolute Gasteiger partial charge is 0.239 e. The zero-order valence-electron chi connectivity index (χ0n) is 7.09. The first kappa shape index (κ1) is 9.19. The van der Waals surface area contributed by atoms with E-state index in [2.05, 4.69) is 0 Å². The van der Waals surface area contributed by atoms with Crippen LogP contribution < -0.4 is 5.73 Å². The van der Waals surface area contributed by atoms with E-state index in [0.29, 0.717) is 13.0 Å². The standard InChI is InChI=1S/C8H13FN2O/c1-6(10)8(12)11-4-2-3-7(9)5-11/h3,6H,2,4-5,10H2,1H3/t6-/m0/s1. The molecule has 0 unspecified atom stereocenters. The molecule has 0 aliphatic carbocycles. The van der Waals surface area contributed by atoms with Crippen molar-refractivity contribution in [3.05, 3.63) is 11.9 Å². The zero-order chi connectivity index (χ0) is 9.14. The summed E-state index contributed by atoms with van der Waals surface area (Å²) in [5.74, 6) is -0.423. The topological polar surface area (TPSA) is 46.3 Å². The Labute approximate surface area is 71.0 Å². The Balaban J connectivity index is 2.55. The van der Waals surface area contributed by atoms with Gasteiger partial charge in [0.1, 0.15) is 5.83 Å². The quantitative estimate of drug-likeness (QED) is 0.623. The lowest BCUT2D eigenvalue weighted by molar-refractivity contribution is -0.132. The van der Waals surface area contributed by atoms with Gasteiger partial charge in [0.25, 0.3) is 0 Å². The van der Waals surface area contributed by atoms with Crippen LogP contribution in [0.25, 0.3) is 0 Å². The number of amides is 1. The van der Waals surface area contributed by atoms with Crippen LogP contribution in [-0.4, -0.2) is 29.9 Å². The third kappa shape index (κ3) is 2.04. The molecule has 0 saturated carbocycles. The van der Waals surface area contributed by atoms with E-state index in [1.165, 1.54) is 11.0 Å². The molecule has 68 valence electrons. The summed E-state index contributed by atoms with van der Waals surface area (Å²) in [7, 11) is 0. The van der Waals surface area contributed by atoms with Crippen LogP contribution in [0, 0.1) is 0 Å². The molecular weight excluding hydrogens is 159 g/mol. The number of carbonyl (C=O) groups excluding carboxylic acids is 1. The van der Waals surface area contributed by atoms with E-state index in [1.54, 1.807) is 6.92 Å². The molecule has 1 amide bonds. The van der Waals surface area contributed by atoms with Crippen LogP contribution >= 0.6 is 0 Å². The van der Waals surface area contributed by atoms with Crippen LogP contribution in [0.2, 0.25) is 0 Å². The number of halogens is 1. The Hall–Kier alpha value is -0.900. The molecule has 0 saturated heterocycles. The molecule has 0 aromatic rings. The van der Waals surface area contributed by atoms with Crippen molar-refractivity contribution in [3.8, 4) is 0 Å². The molecule has 0 bridgehead atoms. The van der Waals surface area contributed by atoms with Crippen molar-refractivity contribution >= 4 is 5.91 Å². The van der Waals surface area contributed by atoms with E-state index in [9.17, 15) is 9.18 Å². The molecular formula is C8H13FN2O. The molecule has 0 aromatic carbocycles. The Morgan fingerprint density at radius 2 is 2.50 bits per heavy atom. The summed E-state index contributed by atoms with van der Waals surface area (Å²) in [4.78, 5) is 12.7. The minimum Gasteiger partial charge on any atom is -0.334 e. The van der Waals surface area contributed by atoms with Gasteiger partial charge in [-0.3, -0.25) is 4.79 Å². The van der Waals surface area contributed by atoms with Gasteiger partial charge >= 0.3 is 0 Å². The van der Waals surface area contributed by atoms with E-state index in [-0.39, 0.29) is 18.3 Å². The molecule has 0 aromatic heterocycles. The summed E-state index contributed by atoms with van der Waals surface area (Å²) >= 11 is 0. The first-order valence-corrected chi connectivity index (χ1v) is 4.00. The summed E-state index contributed by atoms with van der Waals surface area (Å²) in [6.45, 7) is 2.27. The van der Waals surface area contributed by atoms with Crippen molar-refractivity contribution in [1.29, 1.82) is 0 Å². The van der Waals surface area contributed by atoms with E-state index >= 15 is 0 Å². The third-order valence-corrected chi connectivity index (χ3v) is 1.81. The fourth-order valence-corrected chi connectivity index (χ4v) is 1.18. The monoisotopic (exact) mass is 172 g/mol. The molecule has 3 nitrogen and oxygen atoms in total. The lowest BCUT2D eigenvalue weighted by atomic mass is 10.2. The Morgan fingerprint density at radius 3 is 3.00 bits per heavy atom. The molecule has 4 heteroatoms. The number of hydrogen-bond acceptors (Lipinski definition) is 2. The molecule has 2 N–H and O–H groups in total. The minimum atomic E-state index is -0.532. The van der Waals surface area contributed by atoms with Gasteiger partial charge in [-0.1, -0.05) is 0 Å².